The third-order valence-electron chi connectivity index (χ3n) is 5.47. The Kier molecular flexibility index (Phi) is 4.03. The molecular formula is C18H25NO2. The number of allylic oxidation sites excluding steroid dienone is 5. The van der Waals surface area contributed by atoms with Crippen molar-refractivity contribution >= 4 is 5.97 Å². The summed E-state index contributed by atoms with van der Waals surface area (Å²) in [5, 5.41) is 0. The maximum Gasteiger partial charge on any atom is 0.314 e. The average Bonchev–Trinajstić information content (AvgIpc) is 2.76. The Hall–Kier alpha value is -1.35. The number of rotatable bonds is 2. The van der Waals surface area contributed by atoms with Crippen molar-refractivity contribution in [3.05, 3.63) is 34.9 Å². The quantitative estimate of drug-likeness (QED) is 0.730. The first-order chi connectivity index (χ1) is 10.2. The zero-order valence-electron chi connectivity index (χ0n) is 13.3. The Balaban J connectivity index is 1.95. The van der Waals surface area contributed by atoms with Crippen molar-refractivity contribution in [2.24, 2.45) is 5.92 Å². The number of ether oxygens (including phenoxy) is 1. The van der Waals surface area contributed by atoms with Crippen molar-refractivity contribution in [1.82, 2.24) is 4.90 Å². The Bertz CT molecular complexity index is 529. The van der Waals surface area contributed by atoms with Gasteiger partial charge in [0.1, 0.15) is 0 Å². The van der Waals surface area contributed by atoms with Crippen LogP contribution in [-0.2, 0) is 9.53 Å². The number of methoxy groups -OCH3 is 1. The van der Waals surface area contributed by atoms with Crippen molar-refractivity contribution in [3.63, 3.8) is 0 Å². The van der Waals surface area contributed by atoms with Gasteiger partial charge in [-0.1, -0.05) is 30.7 Å². The van der Waals surface area contributed by atoms with E-state index in [1.165, 1.54) is 30.2 Å². The Morgan fingerprint density at radius 1 is 1.38 bits per heavy atom. The fourth-order valence-electron chi connectivity index (χ4n) is 4.14. The summed E-state index contributed by atoms with van der Waals surface area (Å²) in [6, 6.07) is 0.923. The van der Waals surface area contributed by atoms with E-state index in [-0.39, 0.29) is 11.9 Å². The minimum atomic E-state index is -0.0741. The van der Waals surface area contributed by atoms with Gasteiger partial charge >= 0.3 is 5.97 Å². The number of esters is 1. The second-order valence-corrected chi connectivity index (χ2v) is 6.39. The van der Waals surface area contributed by atoms with Crippen molar-refractivity contribution < 1.29 is 9.53 Å². The normalized spacial score (nSPS) is 35.8. The maximum atomic E-state index is 12.4. The van der Waals surface area contributed by atoms with E-state index in [1.54, 1.807) is 0 Å². The molecule has 0 aromatic rings. The highest BCUT2D eigenvalue weighted by atomic mass is 16.5. The fraction of sp³-hybridized carbons (Fsp3) is 0.611. The fourth-order valence-corrected chi connectivity index (χ4v) is 4.14. The summed E-state index contributed by atoms with van der Waals surface area (Å²) < 4.78 is 5.11. The van der Waals surface area contributed by atoms with Crippen LogP contribution in [0.5, 0.6) is 0 Å². The Morgan fingerprint density at radius 2 is 2.19 bits per heavy atom. The van der Waals surface area contributed by atoms with E-state index in [4.69, 9.17) is 4.74 Å². The van der Waals surface area contributed by atoms with Gasteiger partial charge in [-0.25, -0.2) is 0 Å². The van der Waals surface area contributed by atoms with Gasteiger partial charge in [0.25, 0.3) is 0 Å². The van der Waals surface area contributed by atoms with E-state index in [1.807, 2.05) is 0 Å². The number of piperidine rings is 1. The van der Waals surface area contributed by atoms with E-state index in [2.05, 4.69) is 37.1 Å². The van der Waals surface area contributed by atoms with E-state index in [0.29, 0.717) is 12.1 Å². The number of fused-ring (bicyclic) bond motifs is 2. The number of hydrogen-bond donors (Lipinski definition) is 0. The molecule has 0 spiro atoms. The molecule has 2 aliphatic heterocycles. The van der Waals surface area contributed by atoms with E-state index in [0.717, 1.165) is 25.7 Å². The van der Waals surface area contributed by atoms with Gasteiger partial charge in [-0.3, -0.25) is 9.69 Å². The molecule has 0 aromatic heterocycles. The second kappa shape index (κ2) is 5.80. The van der Waals surface area contributed by atoms with Crippen LogP contribution in [0.3, 0.4) is 0 Å². The molecule has 3 aliphatic rings. The first kappa shape index (κ1) is 14.6. The van der Waals surface area contributed by atoms with E-state index >= 15 is 0 Å². The van der Waals surface area contributed by atoms with Crippen LogP contribution in [0.25, 0.3) is 0 Å². The van der Waals surface area contributed by atoms with Gasteiger partial charge in [-0.2, -0.15) is 0 Å². The van der Waals surface area contributed by atoms with Crippen molar-refractivity contribution in [1.29, 1.82) is 0 Å². The highest BCUT2D eigenvalue weighted by molar-refractivity contribution is 5.78. The summed E-state index contributed by atoms with van der Waals surface area (Å²) in [5.74, 6) is -0.136. The highest BCUT2D eigenvalue weighted by Gasteiger charge is 2.47. The number of carbonyl (C=O) groups is 1. The molecule has 3 rings (SSSR count). The van der Waals surface area contributed by atoms with Gasteiger partial charge in [0.05, 0.1) is 13.0 Å². The second-order valence-electron chi connectivity index (χ2n) is 6.39. The molecule has 0 saturated carbocycles. The van der Waals surface area contributed by atoms with Gasteiger partial charge < -0.3 is 4.74 Å². The number of carbonyl (C=O) groups excluding carboxylic acids is 1. The Morgan fingerprint density at radius 3 is 2.81 bits per heavy atom. The molecule has 3 heteroatoms. The lowest BCUT2D eigenvalue weighted by Gasteiger charge is -2.39. The summed E-state index contributed by atoms with van der Waals surface area (Å²) in [6.07, 6.45) is 12.1. The topological polar surface area (TPSA) is 29.5 Å². The maximum absolute atomic E-state index is 12.4. The predicted molar refractivity (Wildman–Crippen MR) is 83.9 cm³/mol. The SMILES string of the molecule is CCC1=CC/C(=C2/CC3CCC(C2C(=O)OC)N3C)C=C1. The van der Waals surface area contributed by atoms with E-state index < -0.39 is 0 Å². The lowest BCUT2D eigenvalue weighted by atomic mass is 9.80. The largest absolute Gasteiger partial charge is 0.469 e. The van der Waals surface area contributed by atoms with Crippen LogP contribution >= 0.6 is 0 Å². The lowest BCUT2D eigenvalue weighted by molar-refractivity contribution is -0.146. The van der Waals surface area contributed by atoms with Crippen LogP contribution < -0.4 is 0 Å². The molecule has 2 fully saturated rings. The zero-order valence-corrected chi connectivity index (χ0v) is 13.3. The number of nitrogens with zero attached hydrogens (tertiary/aromatic N) is 1. The first-order valence-electron chi connectivity index (χ1n) is 8.04. The first-order valence-corrected chi connectivity index (χ1v) is 8.04. The molecular weight excluding hydrogens is 262 g/mol. The lowest BCUT2D eigenvalue weighted by Crippen LogP contribution is -2.47. The summed E-state index contributed by atoms with van der Waals surface area (Å²) >= 11 is 0. The third-order valence-corrected chi connectivity index (χ3v) is 5.47. The monoisotopic (exact) mass is 287 g/mol. The molecule has 2 bridgehead atoms. The zero-order chi connectivity index (χ0) is 15.0. The molecule has 3 unspecified atom stereocenters. The van der Waals surface area contributed by atoms with Crippen LogP contribution in [-0.4, -0.2) is 37.1 Å². The van der Waals surface area contributed by atoms with Crippen LogP contribution in [0.15, 0.2) is 34.9 Å². The van der Waals surface area contributed by atoms with Gasteiger partial charge in [0.15, 0.2) is 0 Å². The molecule has 2 saturated heterocycles. The molecule has 3 atom stereocenters. The van der Waals surface area contributed by atoms with Gasteiger partial charge in [-0.15, -0.1) is 0 Å². The van der Waals surface area contributed by atoms with Crippen molar-refractivity contribution in [3.8, 4) is 0 Å². The number of hydrogen-bond acceptors (Lipinski definition) is 3. The predicted octanol–water partition coefficient (Wildman–Crippen LogP) is 3.24. The molecule has 0 aromatic carbocycles. The molecule has 1 aliphatic carbocycles. The average molecular weight is 287 g/mol. The summed E-state index contributed by atoms with van der Waals surface area (Å²) in [6.45, 7) is 2.18. The molecule has 21 heavy (non-hydrogen) atoms. The molecule has 0 N–H and O–H groups in total. The van der Waals surface area contributed by atoms with Gasteiger partial charge in [0.2, 0.25) is 0 Å². The van der Waals surface area contributed by atoms with Crippen LogP contribution in [0, 0.1) is 5.92 Å². The molecule has 2 heterocycles. The third kappa shape index (κ3) is 2.48. The summed E-state index contributed by atoms with van der Waals surface area (Å²) in [4.78, 5) is 14.7. The highest BCUT2D eigenvalue weighted by Crippen LogP contribution is 2.44. The molecule has 114 valence electrons. The van der Waals surface area contributed by atoms with Gasteiger partial charge in [0, 0.05) is 12.1 Å². The summed E-state index contributed by atoms with van der Waals surface area (Å²) in [7, 11) is 3.67. The van der Waals surface area contributed by atoms with Crippen molar-refractivity contribution in [2.75, 3.05) is 14.2 Å². The minimum absolute atomic E-state index is 0.0617. The van der Waals surface area contributed by atoms with Gasteiger partial charge in [-0.05, 0) is 50.3 Å². The van der Waals surface area contributed by atoms with Crippen molar-refractivity contribution in [2.45, 2.75) is 51.1 Å². The van der Waals surface area contributed by atoms with Crippen LogP contribution in [0.2, 0.25) is 0 Å². The standard InChI is InChI=1S/C18H25NO2/c1-4-12-5-7-13(8-6-12)15-11-14-9-10-16(19(14)2)17(15)18(20)21-3/h5-7,14,16-17H,4,8-11H2,1-3H3/b15-13-. The smallest absolute Gasteiger partial charge is 0.314 e. The molecule has 0 radical (unpaired) electrons. The van der Waals surface area contributed by atoms with E-state index in [9.17, 15) is 4.79 Å². The van der Waals surface area contributed by atoms with Crippen LogP contribution in [0.4, 0.5) is 0 Å². The molecule has 3 nitrogen and oxygen atoms in total. The summed E-state index contributed by atoms with van der Waals surface area (Å²) in [5.41, 5.74) is 4.06. The minimum Gasteiger partial charge on any atom is -0.469 e. The molecule has 0 amide bonds. The van der Waals surface area contributed by atoms with Crippen LogP contribution in [0.1, 0.15) is 39.0 Å². The Labute approximate surface area is 127 Å².